The van der Waals surface area contributed by atoms with Crippen molar-refractivity contribution in [1.82, 2.24) is 5.32 Å². The van der Waals surface area contributed by atoms with Crippen molar-refractivity contribution in [3.63, 3.8) is 0 Å². The zero-order valence-corrected chi connectivity index (χ0v) is 10.9. The van der Waals surface area contributed by atoms with Gasteiger partial charge in [0.15, 0.2) is 0 Å². The second-order valence-corrected chi connectivity index (χ2v) is 5.69. The van der Waals surface area contributed by atoms with Crippen molar-refractivity contribution in [1.29, 1.82) is 0 Å². The Morgan fingerprint density at radius 3 is 3.00 bits per heavy atom. The number of aryl methyl sites for hydroxylation is 2. The molecule has 0 spiro atoms. The van der Waals surface area contributed by atoms with Crippen molar-refractivity contribution in [3.05, 3.63) is 34.0 Å². The van der Waals surface area contributed by atoms with Gasteiger partial charge < -0.3 is 5.32 Å². The lowest BCUT2D eigenvalue weighted by atomic mass is 10.1. The maximum Gasteiger partial charge on any atom is 0.0447 e. The summed E-state index contributed by atoms with van der Waals surface area (Å²) < 4.78 is 0. The third-order valence-electron chi connectivity index (χ3n) is 3.36. The number of hydrogen-bond donors (Lipinski definition) is 1. The monoisotopic (exact) mass is 235 g/mol. The van der Waals surface area contributed by atoms with Gasteiger partial charge in [0.25, 0.3) is 0 Å². The lowest BCUT2D eigenvalue weighted by molar-refractivity contribution is 0.613. The molecule has 1 aromatic heterocycles. The summed E-state index contributed by atoms with van der Waals surface area (Å²) in [5.41, 5.74) is 1.61. The zero-order chi connectivity index (χ0) is 11.4. The molecule has 16 heavy (non-hydrogen) atoms. The fraction of sp³-hybridized carbons (Fsp3) is 0.571. The topological polar surface area (TPSA) is 12.0 Å². The minimum absolute atomic E-state index is 0.467. The van der Waals surface area contributed by atoms with Gasteiger partial charge in [-0.05, 0) is 50.8 Å². The molecule has 0 aliphatic heterocycles. The van der Waals surface area contributed by atoms with Crippen LogP contribution in [0.25, 0.3) is 0 Å². The van der Waals surface area contributed by atoms with Gasteiger partial charge in [-0.2, -0.15) is 0 Å². The van der Waals surface area contributed by atoms with Crippen LogP contribution in [-0.4, -0.2) is 7.05 Å². The van der Waals surface area contributed by atoms with E-state index in [1.165, 1.54) is 37.0 Å². The van der Waals surface area contributed by atoms with Gasteiger partial charge in [-0.15, -0.1) is 17.9 Å². The molecule has 1 aliphatic rings. The Kier molecular flexibility index (Phi) is 4.19. The number of nitrogens with one attached hydrogen (secondary N) is 1. The Balaban J connectivity index is 2.19. The molecular weight excluding hydrogens is 214 g/mol. The van der Waals surface area contributed by atoms with Crippen molar-refractivity contribution in [2.45, 2.75) is 44.6 Å². The first kappa shape index (κ1) is 11.9. The molecule has 1 heterocycles. The van der Waals surface area contributed by atoms with E-state index in [0.717, 1.165) is 6.42 Å². The van der Waals surface area contributed by atoms with Gasteiger partial charge in [0.05, 0.1) is 0 Å². The highest BCUT2D eigenvalue weighted by Crippen LogP contribution is 2.33. The molecule has 0 amide bonds. The van der Waals surface area contributed by atoms with Gasteiger partial charge in [-0.25, -0.2) is 0 Å². The van der Waals surface area contributed by atoms with E-state index in [1.807, 2.05) is 24.5 Å². The Labute approximate surface area is 103 Å². The quantitative estimate of drug-likeness (QED) is 0.617. The van der Waals surface area contributed by atoms with Crippen molar-refractivity contribution < 1.29 is 0 Å². The Morgan fingerprint density at radius 1 is 1.44 bits per heavy atom. The van der Waals surface area contributed by atoms with Gasteiger partial charge in [0.2, 0.25) is 0 Å². The van der Waals surface area contributed by atoms with Crippen LogP contribution in [0, 0.1) is 0 Å². The molecule has 0 saturated carbocycles. The molecule has 0 radical (unpaired) electrons. The van der Waals surface area contributed by atoms with E-state index in [1.54, 1.807) is 10.4 Å². The molecule has 1 atom stereocenters. The average molecular weight is 235 g/mol. The average Bonchev–Trinajstić information content (AvgIpc) is 2.57. The molecule has 2 heteroatoms. The van der Waals surface area contributed by atoms with Crippen LogP contribution in [0.3, 0.4) is 0 Å². The van der Waals surface area contributed by atoms with Crippen LogP contribution in [0.4, 0.5) is 0 Å². The van der Waals surface area contributed by atoms with Crippen molar-refractivity contribution in [2.24, 2.45) is 0 Å². The third kappa shape index (κ3) is 2.55. The smallest absolute Gasteiger partial charge is 0.0447 e. The molecule has 2 rings (SSSR count). The van der Waals surface area contributed by atoms with Crippen molar-refractivity contribution in [2.75, 3.05) is 7.05 Å². The second-order valence-electron chi connectivity index (χ2n) is 4.52. The van der Waals surface area contributed by atoms with Gasteiger partial charge >= 0.3 is 0 Å². The lowest BCUT2D eigenvalue weighted by Crippen LogP contribution is -2.14. The van der Waals surface area contributed by atoms with Crippen LogP contribution >= 0.6 is 11.3 Å². The van der Waals surface area contributed by atoms with Gasteiger partial charge in [0, 0.05) is 15.8 Å². The van der Waals surface area contributed by atoms with E-state index in [-0.39, 0.29) is 0 Å². The minimum Gasteiger partial charge on any atom is -0.312 e. The van der Waals surface area contributed by atoms with E-state index < -0.39 is 0 Å². The molecule has 88 valence electrons. The molecule has 1 unspecified atom stereocenters. The van der Waals surface area contributed by atoms with Crippen molar-refractivity contribution in [3.8, 4) is 0 Å². The standard InChI is InChI=1S/C14H21NS/c1-3-7-12(15-2)14-10-11-8-5-4-6-9-13(11)16-14/h3,10,12,15H,1,4-9H2,2H3. The van der Waals surface area contributed by atoms with Crippen LogP contribution in [0.15, 0.2) is 18.7 Å². The summed E-state index contributed by atoms with van der Waals surface area (Å²) in [5.74, 6) is 0. The Hall–Kier alpha value is -0.600. The number of rotatable bonds is 4. The van der Waals surface area contributed by atoms with Crippen molar-refractivity contribution >= 4 is 11.3 Å². The molecule has 0 saturated heterocycles. The fourth-order valence-corrected chi connectivity index (χ4v) is 3.79. The number of hydrogen-bond acceptors (Lipinski definition) is 2. The van der Waals surface area contributed by atoms with E-state index in [9.17, 15) is 0 Å². The summed E-state index contributed by atoms with van der Waals surface area (Å²) in [5, 5.41) is 3.38. The molecule has 0 bridgehead atoms. The minimum atomic E-state index is 0.467. The van der Waals surface area contributed by atoms with Crippen LogP contribution in [0.1, 0.15) is 47.0 Å². The van der Waals surface area contributed by atoms with Gasteiger partial charge in [-0.1, -0.05) is 12.5 Å². The molecular formula is C14H21NS. The highest BCUT2D eigenvalue weighted by molar-refractivity contribution is 7.12. The number of thiophene rings is 1. The van der Waals surface area contributed by atoms with Crippen LogP contribution < -0.4 is 5.32 Å². The second kappa shape index (κ2) is 5.65. The first-order valence-electron chi connectivity index (χ1n) is 6.24. The fourth-order valence-electron chi connectivity index (χ4n) is 2.41. The summed E-state index contributed by atoms with van der Waals surface area (Å²) in [6.07, 6.45) is 9.76. The van der Waals surface area contributed by atoms with E-state index in [4.69, 9.17) is 0 Å². The van der Waals surface area contributed by atoms with Gasteiger partial charge in [0.1, 0.15) is 0 Å². The molecule has 1 nitrogen and oxygen atoms in total. The normalized spacial score (nSPS) is 17.6. The first-order valence-corrected chi connectivity index (χ1v) is 7.06. The van der Waals surface area contributed by atoms with Crippen LogP contribution in [-0.2, 0) is 12.8 Å². The maximum atomic E-state index is 3.84. The highest BCUT2D eigenvalue weighted by Gasteiger charge is 2.16. The highest BCUT2D eigenvalue weighted by atomic mass is 32.1. The summed E-state index contributed by atoms with van der Waals surface area (Å²) in [7, 11) is 2.04. The SMILES string of the molecule is C=CCC(NC)c1cc2c(s1)CCCCC2. The van der Waals surface area contributed by atoms with E-state index in [0.29, 0.717) is 6.04 Å². The van der Waals surface area contributed by atoms with Gasteiger partial charge in [-0.3, -0.25) is 0 Å². The predicted octanol–water partition coefficient (Wildman–Crippen LogP) is 3.85. The molecule has 1 aliphatic carbocycles. The first-order chi connectivity index (χ1) is 7.85. The summed E-state index contributed by atoms with van der Waals surface area (Å²) in [6, 6.07) is 2.89. The molecule has 0 fully saturated rings. The molecule has 0 aromatic carbocycles. The summed E-state index contributed by atoms with van der Waals surface area (Å²) in [4.78, 5) is 3.13. The van der Waals surface area contributed by atoms with E-state index in [2.05, 4.69) is 18.0 Å². The van der Waals surface area contributed by atoms with Crippen LogP contribution in [0.2, 0.25) is 0 Å². The third-order valence-corrected chi connectivity index (χ3v) is 4.71. The van der Waals surface area contributed by atoms with E-state index >= 15 is 0 Å². The number of fused-ring (bicyclic) bond motifs is 1. The Morgan fingerprint density at radius 2 is 2.25 bits per heavy atom. The lowest BCUT2D eigenvalue weighted by Gasteiger charge is -2.11. The maximum absolute atomic E-state index is 3.84. The molecule has 1 aromatic rings. The summed E-state index contributed by atoms with van der Waals surface area (Å²) >= 11 is 2.01. The largest absolute Gasteiger partial charge is 0.312 e. The van der Waals surface area contributed by atoms with Crippen LogP contribution in [0.5, 0.6) is 0 Å². The predicted molar refractivity (Wildman–Crippen MR) is 72.2 cm³/mol. The molecule has 1 N–H and O–H groups in total. The Bertz CT molecular complexity index is 330. The summed E-state index contributed by atoms with van der Waals surface area (Å²) in [6.45, 7) is 3.84. The zero-order valence-electron chi connectivity index (χ0n) is 10.1.